The van der Waals surface area contributed by atoms with Crippen molar-refractivity contribution in [1.82, 2.24) is 19.5 Å². The van der Waals surface area contributed by atoms with E-state index in [9.17, 15) is 28.6 Å². The summed E-state index contributed by atoms with van der Waals surface area (Å²) < 4.78 is 49.9. The topological polar surface area (TPSA) is 233 Å². The summed E-state index contributed by atoms with van der Waals surface area (Å²) in [6, 6.07) is 0. The van der Waals surface area contributed by atoms with Gasteiger partial charge in [0, 0.05) is 0 Å². The number of halogens is 1. The van der Waals surface area contributed by atoms with Crippen molar-refractivity contribution in [3.8, 4) is 0 Å². The average molecular weight is 445 g/mol. The normalized spacial score (nSPS) is 27.9. The number of nitrogens with zero attached hydrogens (tertiary/aromatic N) is 4. The van der Waals surface area contributed by atoms with Gasteiger partial charge in [0.15, 0.2) is 23.2 Å². The Hall–Kier alpha value is -1.58. The summed E-state index contributed by atoms with van der Waals surface area (Å²) in [6.45, 7) is -0.888. The van der Waals surface area contributed by atoms with Crippen molar-refractivity contribution in [2.75, 3.05) is 12.3 Å². The molecule has 0 radical (unpaired) electrons. The molecule has 5 atom stereocenters. The molecule has 0 amide bonds. The van der Waals surface area contributed by atoms with Crippen molar-refractivity contribution in [1.29, 1.82) is 0 Å². The molecule has 0 aromatic carbocycles. The number of hydrogen-bond acceptors (Lipinski definition) is 11. The first-order valence-electron chi connectivity index (χ1n) is 7.29. The number of imidazole rings is 1. The summed E-state index contributed by atoms with van der Waals surface area (Å²) in [4.78, 5) is 37.0. The Morgan fingerprint density at radius 1 is 1.25 bits per heavy atom. The quantitative estimate of drug-likeness (QED) is 0.217. The van der Waals surface area contributed by atoms with Crippen LogP contribution in [-0.4, -0.2) is 69.3 Å². The second-order valence-electron chi connectivity index (χ2n) is 5.58. The van der Waals surface area contributed by atoms with Crippen molar-refractivity contribution >= 4 is 32.6 Å². The van der Waals surface area contributed by atoms with Crippen molar-refractivity contribution in [2.24, 2.45) is 0 Å². The minimum absolute atomic E-state index is 0.00120. The molecule has 156 valence electrons. The van der Waals surface area contributed by atoms with E-state index in [1.165, 1.54) is 0 Å². The Morgan fingerprint density at radius 2 is 1.93 bits per heavy atom. The van der Waals surface area contributed by atoms with Crippen LogP contribution in [0.25, 0.3) is 11.2 Å². The Kier molecular flexibility index (Phi) is 5.55. The van der Waals surface area contributed by atoms with Crippen LogP contribution in [0.1, 0.15) is 6.23 Å². The lowest BCUT2D eigenvalue weighted by molar-refractivity contribution is -0.0503. The SMILES string of the molecule is Nc1nc(F)nc2c1ncn2[C@H]1O[C@@H](COP(=O)(O)OP(=O)(O)O)[C@H](O)[C@H]1O. The number of rotatable bonds is 6. The highest BCUT2D eigenvalue weighted by Gasteiger charge is 2.46. The Labute approximate surface area is 154 Å². The van der Waals surface area contributed by atoms with E-state index in [-0.39, 0.29) is 17.0 Å². The average Bonchev–Trinajstić information content (AvgIpc) is 3.06. The fourth-order valence-corrected chi connectivity index (χ4v) is 4.12. The number of phosphoric ester groups is 1. The molecule has 0 bridgehead atoms. The number of fused-ring (bicyclic) bond motifs is 1. The number of anilines is 1. The van der Waals surface area contributed by atoms with Crippen LogP contribution in [0.2, 0.25) is 0 Å². The van der Waals surface area contributed by atoms with Gasteiger partial charge < -0.3 is 35.4 Å². The number of nitrogen functional groups attached to an aromatic ring is 1. The van der Waals surface area contributed by atoms with Crippen molar-refractivity contribution in [3.63, 3.8) is 0 Å². The first-order chi connectivity index (χ1) is 12.9. The predicted molar refractivity (Wildman–Crippen MR) is 84.5 cm³/mol. The summed E-state index contributed by atoms with van der Waals surface area (Å²) in [5.41, 5.74) is 5.38. The third-order valence-electron chi connectivity index (χ3n) is 3.64. The molecule has 1 aliphatic rings. The Bertz CT molecular complexity index is 983. The summed E-state index contributed by atoms with van der Waals surface area (Å²) >= 11 is 0. The van der Waals surface area contributed by atoms with E-state index in [0.717, 1.165) is 10.9 Å². The molecule has 18 heteroatoms. The summed E-state index contributed by atoms with van der Waals surface area (Å²) in [5, 5.41) is 20.2. The Balaban J connectivity index is 1.78. The molecular formula is C10H14FN5O10P2. The maximum absolute atomic E-state index is 13.4. The molecule has 0 saturated carbocycles. The van der Waals surface area contributed by atoms with Gasteiger partial charge in [-0.25, -0.2) is 14.1 Å². The number of phosphoric acid groups is 2. The molecule has 1 saturated heterocycles. The van der Waals surface area contributed by atoms with E-state index in [1.807, 2.05) is 0 Å². The number of hydrogen-bond donors (Lipinski definition) is 6. The van der Waals surface area contributed by atoms with Crippen LogP contribution in [-0.2, 0) is 22.7 Å². The molecule has 3 rings (SSSR count). The molecule has 3 heterocycles. The molecule has 1 unspecified atom stereocenters. The second kappa shape index (κ2) is 7.35. The number of nitrogens with two attached hydrogens (primary N) is 1. The van der Waals surface area contributed by atoms with Gasteiger partial charge in [-0.2, -0.15) is 18.7 Å². The van der Waals surface area contributed by atoms with Gasteiger partial charge in [0.05, 0.1) is 12.9 Å². The zero-order valence-corrected chi connectivity index (χ0v) is 15.3. The monoisotopic (exact) mass is 445 g/mol. The maximum atomic E-state index is 13.4. The standard InChI is InChI=1S/C10H14FN5O10P2/c11-10-14-7(12)4-8(15-10)16(2-13-4)9-6(18)5(17)3(25-9)1-24-28(22,23)26-27(19,20)21/h2-3,5-6,9,17-18H,1H2,(H,22,23)(H2,12,14,15)(H2,19,20,21)/t3-,5-,6+,9-/m0/s1. The number of aliphatic hydroxyl groups is 2. The second-order valence-corrected chi connectivity index (χ2v) is 8.41. The van der Waals surface area contributed by atoms with E-state index < -0.39 is 52.9 Å². The van der Waals surface area contributed by atoms with Crippen LogP contribution in [0.5, 0.6) is 0 Å². The lowest BCUT2D eigenvalue weighted by atomic mass is 10.1. The van der Waals surface area contributed by atoms with Gasteiger partial charge in [-0.3, -0.25) is 9.09 Å². The van der Waals surface area contributed by atoms with Crippen LogP contribution in [0.3, 0.4) is 0 Å². The van der Waals surface area contributed by atoms with Gasteiger partial charge in [-0.05, 0) is 0 Å². The molecule has 1 aliphatic heterocycles. The first kappa shape index (κ1) is 21.1. The third kappa shape index (κ3) is 4.36. The predicted octanol–water partition coefficient (Wildman–Crippen LogP) is -1.61. The molecule has 2 aromatic heterocycles. The lowest BCUT2D eigenvalue weighted by Gasteiger charge is -2.17. The third-order valence-corrected chi connectivity index (χ3v) is 5.80. The highest BCUT2D eigenvalue weighted by atomic mass is 31.3. The zero-order valence-electron chi connectivity index (χ0n) is 13.5. The van der Waals surface area contributed by atoms with Crippen LogP contribution in [0.15, 0.2) is 6.33 Å². The molecule has 2 aromatic rings. The molecule has 1 fully saturated rings. The maximum Gasteiger partial charge on any atom is 0.481 e. The van der Waals surface area contributed by atoms with Gasteiger partial charge >= 0.3 is 21.7 Å². The molecule has 15 nitrogen and oxygen atoms in total. The van der Waals surface area contributed by atoms with Gasteiger partial charge in [-0.1, -0.05) is 0 Å². The zero-order chi connectivity index (χ0) is 20.9. The number of aromatic nitrogens is 4. The van der Waals surface area contributed by atoms with Crippen LogP contribution in [0, 0.1) is 6.08 Å². The van der Waals surface area contributed by atoms with E-state index >= 15 is 0 Å². The first-order valence-corrected chi connectivity index (χ1v) is 10.3. The summed E-state index contributed by atoms with van der Waals surface area (Å²) in [6.07, 6.45) is -6.18. The fourth-order valence-electron chi connectivity index (χ4n) is 2.52. The van der Waals surface area contributed by atoms with Gasteiger partial charge in [0.25, 0.3) is 0 Å². The summed E-state index contributed by atoms with van der Waals surface area (Å²) in [5.74, 6) is -0.273. The molecular weight excluding hydrogens is 431 g/mol. The summed E-state index contributed by atoms with van der Waals surface area (Å²) in [7, 11) is -10.5. The van der Waals surface area contributed by atoms with Gasteiger partial charge in [0.1, 0.15) is 18.3 Å². The molecule has 0 spiro atoms. The number of aliphatic hydroxyl groups excluding tert-OH is 2. The molecule has 28 heavy (non-hydrogen) atoms. The van der Waals surface area contributed by atoms with E-state index in [2.05, 4.69) is 23.8 Å². The minimum Gasteiger partial charge on any atom is -0.387 e. The largest absolute Gasteiger partial charge is 0.481 e. The number of ether oxygens (including phenoxy) is 1. The van der Waals surface area contributed by atoms with Crippen molar-refractivity contribution in [3.05, 3.63) is 12.4 Å². The van der Waals surface area contributed by atoms with Crippen molar-refractivity contribution < 1.29 is 52.0 Å². The molecule has 7 N–H and O–H groups in total. The van der Waals surface area contributed by atoms with Gasteiger partial charge in [0.2, 0.25) is 0 Å². The van der Waals surface area contributed by atoms with Gasteiger partial charge in [-0.15, -0.1) is 0 Å². The van der Waals surface area contributed by atoms with Crippen molar-refractivity contribution in [2.45, 2.75) is 24.5 Å². The van der Waals surface area contributed by atoms with Crippen LogP contribution >= 0.6 is 15.6 Å². The minimum atomic E-state index is -5.33. The Morgan fingerprint density at radius 3 is 2.57 bits per heavy atom. The van der Waals surface area contributed by atoms with E-state index in [4.69, 9.17) is 20.3 Å². The van der Waals surface area contributed by atoms with Crippen LogP contribution in [0.4, 0.5) is 10.2 Å². The van der Waals surface area contributed by atoms with E-state index in [1.54, 1.807) is 0 Å². The smallest absolute Gasteiger partial charge is 0.387 e. The fraction of sp³-hybridized carbons (Fsp3) is 0.500. The van der Waals surface area contributed by atoms with Crippen LogP contribution < -0.4 is 5.73 Å². The highest BCUT2D eigenvalue weighted by molar-refractivity contribution is 7.60. The van der Waals surface area contributed by atoms with E-state index in [0.29, 0.717) is 0 Å². The highest BCUT2D eigenvalue weighted by Crippen LogP contribution is 2.57. The lowest BCUT2D eigenvalue weighted by Crippen LogP contribution is -2.33. The molecule has 0 aliphatic carbocycles.